The van der Waals surface area contributed by atoms with E-state index in [4.69, 9.17) is 5.73 Å². The fourth-order valence-electron chi connectivity index (χ4n) is 2.95. The van der Waals surface area contributed by atoms with Gasteiger partial charge in [0.1, 0.15) is 5.82 Å². The minimum absolute atomic E-state index is 0.0158. The zero-order valence-electron chi connectivity index (χ0n) is 12.2. The maximum atomic E-state index is 13.8. The van der Waals surface area contributed by atoms with Crippen LogP contribution in [0.3, 0.4) is 0 Å². The van der Waals surface area contributed by atoms with Crippen LogP contribution in [0, 0.1) is 11.7 Å². The van der Waals surface area contributed by atoms with Gasteiger partial charge in [-0.25, -0.2) is 4.39 Å². The van der Waals surface area contributed by atoms with Crippen molar-refractivity contribution in [1.29, 1.82) is 0 Å². The Morgan fingerprint density at radius 2 is 2.10 bits per heavy atom. The molecule has 3 nitrogen and oxygen atoms in total. The summed E-state index contributed by atoms with van der Waals surface area (Å²) in [4.78, 5) is 14.2. The Kier molecular flexibility index (Phi) is 4.76. The molecule has 1 aliphatic carbocycles. The van der Waals surface area contributed by atoms with Crippen molar-refractivity contribution in [2.24, 2.45) is 11.7 Å². The average Bonchev–Trinajstić information content (AvgIpc) is 2.45. The number of nitrogens with zero attached hydrogens (tertiary/aromatic N) is 1. The third-order valence-corrected chi connectivity index (χ3v) is 4.35. The van der Waals surface area contributed by atoms with Gasteiger partial charge in [0.2, 0.25) is 5.91 Å². The summed E-state index contributed by atoms with van der Waals surface area (Å²) < 4.78 is 13.8. The highest BCUT2D eigenvalue weighted by Gasteiger charge is 2.30. The predicted molar refractivity (Wildman–Crippen MR) is 77.5 cm³/mol. The molecule has 1 aliphatic rings. The number of benzene rings is 1. The van der Waals surface area contributed by atoms with E-state index in [2.05, 4.69) is 0 Å². The molecule has 0 saturated heterocycles. The predicted octanol–water partition coefficient (Wildman–Crippen LogP) is 2.86. The standard InChI is InChI=1S/C16H23FN2O/c1-11(14-8-3-4-9-15(14)17)19(2)16(20)12-6-5-7-13(18)10-12/h3-4,8-9,11-13H,5-7,10,18H2,1-2H3/t11-,12-,13-/m1/s1. The van der Waals surface area contributed by atoms with Gasteiger partial charge < -0.3 is 10.6 Å². The van der Waals surface area contributed by atoms with Crippen LogP contribution in [0.4, 0.5) is 4.39 Å². The minimum atomic E-state index is -0.264. The summed E-state index contributed by atoms with van der Waals surface area (Å²) in [5.41, 5.74) is 6.50. The van der Waals surface area contributed by atoms with Gasteiger partial charge in [-0.15, -0.1) is 0 Å². The first kappa shape index (κ1) is 15.0. The SMILES string of the molecule is C[C@H](c1ccccc1F)N(C)C(=O)[C@@H]1CCC[C@@H](N)C1. The van der Waals surface area contributed by atoms with Crippen molar-refractivity contribution < 1.29 is 9.18 Å². The topological polar surface area (TPSA) is 46.3 Å². The monoisotopic (exact) mass is 278 g/mol. The van der Waals surface area contributed by atoms with Gasteiger partial charge in [-0.3, -0.25) is 4.79 Å². The number of hydrogen-bond donors (Lipinski definition) is 1. The molecule has 1 saturated carbocycles. The molecule has 0 bridgehead atoms. The molecule has 20 heavy (non-hydrogen) atoms. The summed E-state index contributed by atoms with van der Waals surface area (Å²) in [5, 5.41) is 0. The van der Waals surface area contributed by atoms with Crippen molar-refractivity contribution in [3.63, 3.8) is 0 Å². The Labute approximate surface area is 120 Å². The van der Waals surface area contributed by atoms with Crippen LogP contribution < -0.4 is 5.73 Å². The van der Waals surface area contributed by atoms with Gasteiger partial charge >= 0.3 is 0 Å². The number of carbonyl (C=O) groups is 1. The average molecular weight is 278 g/mol. The maximum Gasteiger partial charge on any atom is 0.225 e. The molecule has 0 spiro atoms. The quantitative estimate of drug-likeness (QED) is 0.924. The molecular weight excluding hydrogens is 255 g/mol. The first-order valence-electron chi connectivity index (χ1n) is 7.27. The molecule has 1 fully saturated rings. The molecule has 110 valence electrons. The zero-order valence-corrected chi connectivity index (χ0v) is 12.2. The molecule has 2 rings (SSSR count). The van der Waals surface area contributed by atoms with Gasteiger partial charge in [-0.05, 0) is 32.3 Å². The molecule has 0 heterocycles. The van der Waals surface area contributed by atoms with Crippen molar-refractivity contribution in [2.75, 3.05) is 7.05 Å². The van der Waals surface area contributed by atoms with Crippen LogP contribution in [0.1, 0.15) is 44.2 Å². The Morgan fingerprint density at radius 3 is 2.75 bits per heavy atom. The van der Waals surface area contributed by atoms with E-state index in [0.29, 0.717) is 5.56 Å². The Balaban J connectivity index is 2.08. The van der Waals surface area contributed by atoms with Crippen LogP contribution in [0.25, 0.3) is 0 Å². The van der Waals surface area contributed by atoms with E-state index in [0.717, 1.165) is 25.7 Å². The lowest BCUT2D eigenvalue weighted by atomic mass is 9.85. The van der Waals surface area contributed by atoms with Gasteiger partial charge in [0.05, 0.1) is 6.04 Å². The van der Waals surface area contributed by atoms with Crippen LogP contribution >= 0.6 is 0 Å². The lowest BCUT2D eigenvalue weighted by Gasteiger charge is -2.32. The second-order valence-electron chi connectivity index (χ2n) is 5.77. The van der Waals surface area contributed by atoms with E-state index in [1.54, 1.807) is 30.1 Å². The molecular formula is C16H23FN2O. The van der Waals surface area contributed by atoms with Gasteiger partial charge in [0.15, 0.2) is 0 Å². The summed E-state index contributed by atoms with van der Waals surface area (Å²) >= 11 is 0. The summed E-state index contributed by atoms with van der Waals surface area (Å²) in [6.07, 6.45) is 3.63. The highest BCUT2D eigenvalue weighted by molar-refractivity contribution is 5.79. The molecule has 0 aromatic heterocycles. The number of carbonyl (C=O) groups excluding carboxylic acids is 1. The van der Waals surface area contributed by atoms with Gasteiger partial charge in [-0.2, -0.15) is 0 Å². The molecule has 1 aromatic carbocycles. The highest BCUT2D eigenvalue weighted by atomic mass is 19.1. The van der Waals surface area contributed by atoms with Crippen molar-refractivity contribution in [3.05, 3.63) is 35.6 Å². The van der Waals surface area contributed by atoms with Crippen LogP contribution in [0.5, 0.6) is 0 Å². The summed E-state index contributed by atoms with van der Waals surface area (Å²) in [5.74, 6) is -0.200. The van der Waals surface area contributed by atoms with E-state index in [-0.39, 0.29) is 29.7 Å². The molecule has 0 radical (unpaired) electrons. The largest absolute Gasteiger partial charge is 0.339 e. The highest BCUT2D eigenvalue weighted by Crippen LogP contribution is 2.28. The fourth-order valence-corrected chi connectivity index (χ4v) is 2.95. The molecule has 0 unspecified atom stereocenters. The van der Waals surface area contributed by atoms with E-state index >= 15 is 0 Å². The van der Waals surface area contributed by atoms with Crippen molar-refractivity contribution in [3.8, 4) is 0 Å². The van der Waals surface area contributed by atoms with Crippen LogP contribution in [0.15, 0.2) is 24.3 Å². The Morgan fingerprint density at radius 1 is 1.40 bits per heavy atom. The van der Waals surface area contributed by atoms with Crippen molar-refractivity contribution in [2.45, 2.75) is 44.7 Å². The normalized spacial score (nSPS) is 24.2. The lowest BCUT2D eigenvalue weighted by Crippen LogP contribution is -2.40. The lowest BCUT2D eigenvalue weighted by molar-refractivity contribution is -0.137. The molecule has 1 amide bonds. The van der Waals surface area contributed by atoms with Gasteiger partial charge in [0.25, 0.3) is 0 Å². The number of amides is 1. The first-order chi connectivity index (χ1) is 9.50. The van der Waals surface area contributed by atoms with Gasteiger partial charge in [-0.1, -0.05) is 24.6 Å². The number of hydrogen-bond acceptors (Lipinski definition) is 2. The fraction of sp³-hybridized carbons (Fsp3) is 0.562. The Bertz CT molecular complexity index is 477. The molecule has 4 heteroatoms. The van der Waals surface area contributed by atoms with Gasteiger partial charge in [0, 0.05) is 24.6 Å². The molecule has 2 N–H and O–H groups in total. The second kappa shape index (κ2) is 6.35. The van der Waals surface area contributed by atoms with Crippen LogP contribution in [0.2, 0.25) is 0 Å². The first-order valence-corrected chi connectivity index (χ1v) is 7.27. The van der Waals surface area contributed by atoms with Crippen molar-refractivity contribution >= 4 is 5.91 Å². The van der Waals surface area contributed by atoms with E-state index in [9.17, 15) is 9.18 Å². The Hall–Kier alpha value is -1.42. The molecule has 0 aliphatic heterocycles. The van der Waals surface area contributed by atoms with E-state index in [1.807, 2.05) is 6.92 Å². The number of nitrogens with two attached hydrogens (primary N) is 1. The van der Waals surface area contributed by atoms with Crippen molar-refractivity contribution in [1.82, 2.24) is 4.90 Å². The number of halogens is 1. The molecule has 1 aromatic rings. The summed E-state index contributed by atoms with van der Waals surface area (Å²) in [7, 11) is 1.75. The number of rotatable bonds is 3. The third-order valence-electron chi connectivity index (χ3n) is 4.35. The minimum Gasteiger partial charge on any atom is -0.339 e. The van der Waals surface area contributed by atoms with Crippen LogP contribution in [-0.2, 0) is 4.79 Å². The third kappa shape index (κ3) is 3.18. The smallest absolute Gasteiger partial charge is 0.225 e. The zero-order chi connectivity index (χ0) is 14.7. The molecule has 3 atom stereocenters. The van der Waals surface area contributed by atoms with Crippen LogP contribution in [-0.4, -0.2) is 23.9 Å². The van der Waals surface area contributed by atoms with E-state index in [1.165, 1.54) is 6.07 Å². The van der Waals surface area contributed by atoms with E-state index < -0.39 is 0 Å². The maximum absolute atomic E-state index is 13.8. The summed E-state index contributed by atoms with van der Waals surface area (Å²) in [6, 6.07) is 6.48. The summed E-state index contributed by atoms with van der Waals surface area (Å²) in [6.45, 7) is 1.86. The second-order valence-corrected chi connectivity index (χ2v) is 5.77.